The Morgan fingerprint density at radius 1 is 1.46 bits per heavy atom. The van der Waals surface area contributed by atoms with Crippen LogP contribution in [0.15, 0.2) is 22.4 Å². The molecule has 0 aliphatic carbocycles. The molecule has 1 nitrogen and oxygen atoms in total. The molecule has 13 heavy (non-hydrogen) atoms. The lowest BCUT2D eigenvalue weighted by Crippen LogP contribution is -1.85. The van der Waals surface area contributed by atoms with Crippen LogP contribution in [-0.2, 0) is 6.42 Å². The number of hydrogen-bond donors (Lipinski definition) is 2. The quantitative estimate of drug-likeness (QED) is 0.547. The normalized spacial score (nSPS) is 10.9. The molecule has 0 atom stereocenters. The van der Waals surface area contributed by atoms with Crippen LogP contribution in [0, 0.1) is 0 Å². The summed E-state index contributed by atoms with van der Waals surface area (Å²) in [6.07, 6.45) is 1.05. The number of aryl methyl sites for hydroxylation is 1. The molecular formula is C10H11NS2. The van der Waals surface area contributed by atoms with Gasteiger partial charge in [-0.05, 0) is 34.9 Å². The summed E-state index contributed by atoms with van der Waals surface area (Å²) in [5.41, 5.74) is 7.92. The van der Waals surface area contributed by atoms with E-state index in [2.05, 4.69) is 24.9 Å². The molecule has 0 saturated heterocycles. The van der Waals surface area contributed by atoms with E-state index in [1.54, 1.807) is 11.3 Å². The van der Waals surface area contributed by atoms with Crippen molar-refractivity contribution in [2.45, 2.75) is 18.2 Å². The summed E-state index contributed by atoms with van der Waals surface area (Å²) >= 11 is 6.14. The van der Waals surface area contributed by atoms with Gasteiger partial charge in [0.05, 0.1) is 0 Å². The van der Waals surface area contributed by atoms with Crippen LogP contribution in [0.2, 0.25) is 0 Å². The van der Waals surface area contributed by atoms with Crippen LogP contribution in [0.1, 0.15) is 12.5 Å². The smallest absolute Gasteiger partial charge is 0.0480 e. The number of rotatable bonds is 1. The lowest BCUT2D eigenvalue weighted by atomic mass is 10.1. The Morgan fingerprint density at radius 3 is 2.92 bits per heavy atom. The molecule has 1 aromatic carbocycles. The van der Waals surface area contributed by atoms with Gasteiger partial charge in [-0.3, -0.25) is 0 Å². The van der Waals surface area contributed by atoms with Gasteiger partial charge in [-0.25, -0.2) is 0 Å². The van der Waals surface area contributed by atoms with Gasteiger partial charge in [0.2, 0.25) is 0 Å². The maximum atomic E-state index is 5.76. The number of benzene rings is 1. The minimum atomic E-state index is 0.797. The van der Waals surface area contributed by atoms with Crippen molar-refractivity contribution in [2.75, 3.05) is 5.73 Å². The van der Waals surface area contributed by atoms with Crippen molar-refractivity contribution in [2.24, 2.45) is 0 Å². The van der Waals surface area contributed by atoms with Gasteiger partial charge in [0.25, 0.3) is 0 Å². The lowest BCUT2D eigenvalue weighted by Gasteiger charge is -1.99. The zero-order chi connectivity index (χ0) is 9.42. The van der Waals surface area contributed by atoms with Gasteiger partial charge in [0.15, 0.2) is 0 Å². The summed E-state index contributed by atoms with van der Waals surface area (Å²) in [4.78, 5) is 0.986. The fourth-order valence-electron chi connectivity index (χ4n) is 1.46. The third-order valence-electron chi connectivity index (χ3n) is 2.14. The molecule has 0 radical (unpaired) electrons. The first kappa shape index (κ1) is 8.91. The molecule has 0 aliphatic heterocycles. The highest BCUT2D eigenvalue weighted by molar-refractivity contribution is 7.80. The van der Waals surface area contributed by atoms with Crippen LogP contribution < -0.4 is 5.73 Å². The second-order valence-electron chi connectivity index (χ2n) is 3.03. The van der Waals surface area contributed by atoms with E-state index in [0.717, 1.165) is 17.0 Å². The Bertz CT molecular complexity index is 445. The Morgan fingerprint density at radius 2 is 2.23 bits per heavy atom. The van der Waals surface area contributed by atoms with E-state index < -0.39 is 0 Å². The molecular weight excluding hydrogens is 198 g/mol. The maximum absolute atomic E-state index is 5.76. The fraction of sp³-hybridized carbons (Fsp3) is 0.200. The highest BCUT2D eigenvalue weighted by Gasteiger charge is 2.05. The average molecular weight is 209 g/mol. The molecule has 0 fully saturated rings. The third-order valence-corrected chi connectivity index (χ3v) is 3.72. The molecule has 0 spiro atoms. The molecule has 0 bridgehead atoms. The first-order chi connectivity index (χ1) is 6.22. The lowest BCUT2D eigenvalue weighted by molar-refractivity contribution is 1.17. The van der Waals surface area contributed by atoms with Gasteiger partial charge < -0.3 is 5.73 Å². The van der Waals surface area contributed by atoms with Gasteiger partial charge in [-0.2, -0.15) is 0 Å². The van der Waals surface area contributed by atoms with E-state index in [1.807, 2.05) is 12.1 Å². The number of thiophene rings is 1. The van der Waals surface area contributed by atoms with Gasteiger partial charge in [0, 0.05) is 15.3 Å². The standard InChI is InChI=1S/C10H11NS2/c1-2-6-5-13-10-8(6)3-7(11)4-9(10)12/h3-5,12H,2,11H2,1H3. The van der Waals surface area contributed by atoms with Crippen LogP contribution >= 0.6 is 24.0 Å². The Hall–Kier alpha value is -0.670. The molecule has 2 aromatic rings. The predicted molar refractivity (Wildman–Crippen MR) is 62.9 cm³/mol. The van der Waals surface area contributed by atoms with Crippen molar-refractivity contribution >= 4 is 39.7 Å². The molecule has 0 aliphatic rings. The van der Waals surface area contributed by atoms with Gasteiger partial charge >= 0.3 is 0 Å². The second-order valence-corrected chi connectivity index (χ2v) is 4.39. The average Bonchev–Trinajstić information content (AvgIpc) is 2.47. The van der Waals surface area contributed by atoms with Crippen molar-refractivity contribution in [3.05, 3.63) is 23.1 Å². The maximum Gasteiger partial charge on any atom is 0.0480 e. The highest BCUT2D eigenvalue weighted by atomic mass is 32.1. The predicted octanol–water partition coefficient (Wildman–Crippen LogP) is 3.33. The number of fused-ring (bicyclic) bond motifs is 1. The van der Waals surface area contributed by atoms with Gasteiger partial charge in [-0.1, -0.05) is 6.92 Å². The minimum absolute atomic E-state index is 0.797. The van der Waals surface area contributed by atoms with Crippen molar-refractivity contribution < 1.29 is 0 Å². The first-order valence-electron chi connectivity index (χ1n) is 4.21. The molecule has 2 rings (SSSR count). The molecule has 0 unspecified atom stereocenters. The summed E-state index contributed by atoms with van der Waals surface area (Å²) in [7, 11) is 0. The molecule has 3 heteroatoms. The van der Waals surface area contributed by atoms with E-state index in [-0.39, 0.29) is 0 Å². The van der Waals surface area contributed by atoms with E-state index >= 15 is 0 Å². The SMILES string of the molecule is CCc1csc2c(S)cc(N)cc12. The zero-order valence-corrected chi connectivity index (χ0v) is 9.08. The third kappa shape index (κ3) is 1.42. The van der Waals surface area contributed by atoms with E-state index in [1.165, 1.54) is 15.6 Å². The second kappa shape index (κ2) is 3.24. The van der Waals surface area contributed by atoms with E-state index in [9.17, 15) is 0 Å². The number of anilines is 1. The number of hydrogen-bond acceptors (Lipinski definition) is 3. The number of nitrogen functional groups attached to an aromatic ring is 1. The van der Waals surface area contributed by atoms with E-state index in [0.29, 0.717) is 0 Å². The summed E-state index contributed by atoms with van der Waals surface area (Å²) in [6, 6.07) is 3.94. The van der Waals surface area contributed by atoms with Crippen LogP contribution in [0.5, 0.6) is 0 Å². The molecule has 1 heterocycles. The van der Waals surface area contributed by atoms with E-state index in [4.69, 9.17) is 5.73 Å². The van der Waals surface area contributed by atoms with Gasteiger partial charge in [0.1, 0.15) is 0 Å². The first-order valence-corrected chi connectivity index (χ1v) is 5.53. The summed E-state index contributed by atoms with van der Waals surface area (Å²) in [5.74, 6) is 0. The zero-order valence-electron chi connectivity index (χ0n) is 7.37. The van der Waals surface area contributed by atoms with Crippen molar-refractivity contribution in [1.82, 2.24) is 0 Å². The Balaban J connectivity index is 2.82. The van der Waals surface area contributed by atoms with Crippen LogP contribution in [-0.4, -0.2) is 0 Å². The fourth-order valence-corrected chi connectivity index (χ4v) is 2.94. The molecule has 1 aromatic heterocycles. The molecule has 0 saturated carbocycles. The largest absolute Gasteiger partial charge is 0.399 e. The number of nitrogens with two attached hydrogens (primary N) is 1. The topological polar surface area (TPSA) is 26.0 Å². The monoisotopic (exact) mass is 209 g/mol. The molecule has 68 valence electrons. The number of thiol groups is 1. The summed E-state index contributed by atoms with van der Waals surface area (Å²) in [6.45, 7) is 2.16. The van der Waals surface area contributed by atoms with Crippen LogP contribution in [0.25, 0.3) is 10.1 Å². The minimum Gasteiger partial charge on any atom is -0.399 e. The van der Waals surface area contributed by atoms with Crippen molar-refractivity contribution in [1.29, 1.82) is 0 Å². The summed E-state index contributed by atoms with van der Waals surface area (Å²) in [5, 5.41) is 3.45. The van der Waals surface area contributed by atoms with Crippen molar-refractivity contribution in [3.63, 3.8) is 0 Å². The van der Waals surface area contributed by atoms with Crippen molar-refractivity contribution in [3.8, 4) is 0 Å². The Kier molecular flexibility index (Phi) is 2.22. The Labute approximate surface area is 87.0 Å². The molecule has 2 N–H and O–H groups in total. The van der Waals surface area contributed by atoms with Crippen LogP contribution in [0.4, 0.5) is 5.69 Å². The molecule has 0 amide bonds. The summed E-state index contributed by atoms with van der Waals surface area (Å²) < 4.78 is 1.24. The highest BCUT2D eigenvalue weighted by Crippen LogP contribution is 2.33. The van der Waals surface area contributed by atoms with Gasteiger partial charge in [-0.15, -0.1) is 24.0 Å². The van der Waals surface area contributed by atoms with Crippen LogP contribution in [0.3, 0.4) is 0 Å².